The Morgan fingerprint density at radius 1 is 1.30 bits per heavy atom. The molecule has 0 fully saturated rings. The summed E-state index contributed by atoms with van der Waals surface area (Å²) < 4.78 is 16.6. The normalized spacial score (nSPS) is 12.4. The third kappa shape index (κ3) is 3.29. The van der Waals surface area contributed by atoms with Gasteiger partial charge in [0.1, 0.15) is 5.75 Å². The van der Waals surface area contributed by atoms with E-state index >= 15 is 0 Å². The van der Waals surface area contributed by atoms with Gasteiger partial charge in [-0.2, -0.15) is 5.10 Å². The van der Waals surface area contributed by atoms with E-state index in [1.807, 2.05) is 6.07 Å². The topological polar surface area (TPSA) is 69.2 Å². The number of halogens is 1. The van der Waals surface area contributed by atoms with Gasteiger partial charge in [0.2, 0.25) is 6.79 Å². The minimum absolute atomic E-state index is 0.178. The smallest absolute Gasteiger partial charge is 0.272 e. The van der Waals surface area contributed by atoms with E-state index in [0.717, 1.165) is 0 Å². The monoisotopic (exact) mass is 376 g/mol. The molecule has 0 atom stereocenters. The number of nitrogens with one attached hydrogen (secondary N) is 1. The maximum atomic E-state index is 12.1. The summed E-state index contributed by atoms with van der Waals surface area (Å²) in [6.45, 7) is 0.178. The summed E-state index contributed by atoms with van der Waals surface area (Å²) in [5, 5.41) is 3.97. The number of fused-ring (bicyclic) bond motifs is 1. The largest absolute Gasteiger partial charge is 0.496 e. The number of nitrogens with zero attached hydrogens (tertiary/aromatic N) is 1. The molecule has 1 aliphatic heterocycles. The molecule has 0 aliphatic carbocycles. The van der Waals surface area contributed by atoms with Crippen LogP contribution in [0.4, 0.5) is 0 Å². The van der Waals surface area contributed by atoms with E-state index < -0.39 is 0 Å². The molecule has 0 saturated heterocycles. The van der Waals surface area contributed by atoms with Gasteiger partial charge >= 0.3 is 0 Å². The lowest BCUT2D eigenvalue weighted by Gasteiger charge is -2.06. The third-order valence-electron chi connectivity index (χ3n) is 3.21. The van der Waals surface area contributed by atoms with Gasteiger partial charge in [-0.3, -0.25) is 4.79 Å². The second kappa shape index (κ2) is 6.70. The van der Waals surface area contributed by atoms with Gasteiger partial charge in [-0.05, 0) is 34.1 Å². The molecule has 2 aromatic rings. The molecule has 0 spiro atoms. The van der Waals surface area contributed by atoms with E-state index in [1.165, 1.54) is 6.21 Å². The van der Waals surface area contributed by atoms with Gasteiger partial charge in [0, 0.05) is 16.1 Å². The number of methoxy groups -OCH3 is 1. The van der Waals surface area contributed by atoms with Crippen molar-refractivity contribution in [2.24, 2.45) is 5.10 Å². The van der Waals surface area contributed by atoms with Gasteiger partial charge in [-0.25, -0.2) is 5.43 Å². The predicted octanol–water partition coefficient (Wildman–Crippen LogP) is 2.95. The first-order valence-electron chi connectivity index (χ1n) is 6.74. The molecule has 0 unspecified atom stereocenters. The van der Waals surface area contributed by atoms with E-state index in [9.17, 15) is 4.79 Å². The molecule has 118 valence electrons. The molecule has 3 rings (SSSR count). The van der Waals surface area contributed by atoms with Gasteiger partial charge in [0.05, 0.1) is 18.9 Å². The summed E-state index contributed by atoms with van der Waals surface area (Å²) >= 11 is 3.33. The molecule has 1 heterocycles. The molecule has 0 bridgehead atoms. The Kier molecular flexibility index (Phi) is 4.47. The lowest BCUT2D eigenvalue weighted by atomic mass is 10.2. The van der Waals surface area contributed by atoms with Crippen LogP contribution in [0.15, 0.2) is 46.0 Å². The van der Waals surface area contributed by atoms with Crippen molar-refractivity contribution in [2.75, 3.05) is 13.9 Å². The van der Waals surface area contributed by atoms with Crippen LogP contribution in [0.5, 0.6) is 17.2 Å². The fraction of sp³-hybridized carbons (Fsp3) is 0.125. The maximum Gasteiger partial charge on any atom is 0.272 e. The number of hydrogen-bond donors (Lipinski definition) is 1. The Balaban J connectivity index is 1.76. The van der Waals surface area contributed by atoms with Crippen molar-refractivity contribution in [1.82, 2.24) is 5.43 Å². The van der Waals surface area contributed by atoms with Crippen LogP contribution in [0.3, 0.4) is 0 Å². The molecule has 0 aromatic heterocycles. The van der Waals surface area contributed by atoms with Crippen molar-refractivity contribution in [1.29, 1.82) is 0 Å². The summed E-state index contributed by atoms with van der Waals surface area (Å²) in [5.74, 6) is 1.50. The average Bonchev–Trinajstić information content (AvgIpc) is 3.01. The molecule has 2 aromatic carbocycles. The molecule has 6 nitrogen and oxygen atoms in total. The first-order chi connectivity index (χ1) is 11.2. The van der Waals surface area contributed by atoms with Gasteiger partial charge in [-0.15, -0.1) is 0 Å². The molecular formula is C16H13BrN2O4. The van der Waals surface area contributed by atoms with Crippen molar-refractivity contribution in [3.05, 3.63) is 52.0 Å². The fourth-order valence-electron chi connectivity index (χ4n) is 2.08. The van der Waals surface area contributed by atoms with Crippen LogP contribution in [0.25, 0.3) is 0 Å². The highest BCUT2D eigenvalue weighted by molar-refractivity contribution is 9.10. The lowest BCUT2D eigenvalue weighted by Crippen LogP contribution is -2.18. The van der Waals surface area contributed by atoms with Crippen LogP contribution in [0.2, 0.25) is 0 Å². The highest BCUT2D eigenvalue weighted by Crippen LogP contribution is 2.37. The molecule has 0 saturated carbocycles. The molecule has 1 N–H and O–H groups in total. The van der Waals surface area contributed by atoms with Crippen molar-refractivity contribution in [3.8, 4) is 17.2 Å². The Hall–Kier alpha value is -2.54. The number of hydrogen-bond acceptors (Lipinski definition) is 5. The standard InChI is InChI=1S/C16H13BrN2O4/c1-21-13-7-15-14(22-9-23-15)6-10(13)8-18-19-16(20)11-4-2-3-5-12(11)17/h2-8H,9H2,1H3,(H,19,20)/b18-8+. The Morgan fingerprint density at radius 2 is 2.04 bits per heavy atom. The highest BCUT2D eigenvalue weighted by Gasteiger charge is 2.17. The predicted molar refractivity (Wildman–Crippen MR) is 88.3 cm³/mol. The summed E-state index contributed by atoms with van der Waals surface area (Å²) in [4.78, 5) is 12.1. The van der Waals surface area contributed by atoms with Gasteiger partial charge < -0.3 is 14.2 Å². The third-order valence-corrected chi connectivity index (χ3v) is 3.90. The minimum atomic E-state index is -0.312. The van der Waals surface area contributed by atoms with Crippen molar-refractivity contribution in [3.63, 3.8) is 0 Å². The lowest BCUT2D eigenvalue weighted by molar-refractivity contribution is 0.0954. The quantitative estimate of drug-likeness (QED) is 0.657. The number of hydrazone groups is 1. The zero-order valence-corrected chi connectivity index (χ0v) is 13.8. The molecule has 7 heteroatoms. The summed E-state index contributed by atoms with van der Waals surface area (Å²) in [6.07, 6.45) is 1.50. The Labute approximate surface area is 141 Å². The zero-order chi connectivity index (χ0) is 16.2. The maximum absolute atomic E-state index is 12.1. The SMILES string of the molecule is COc1cc2c(cc1/C=N/NC(=O)c1ccccc1Br)OCO2. The van der Waals surface area contributed by atoms with Crippen LogP contribution in [-0.2, 0) is 0 Å². The number of amides is 1. The van der Waals surface area contributed by atoms with Crippen LogP contribution >= 0.6 is 15.9 Å². The van der Waals surface area contributed by atoms with E-state index in [0.29, 0.717) is 32.8 Å². The van der Waals surface area contributed by atoms with Gasteiger partial charge in [0.15, 0.2) is 11.5 Å². The summed E-state index contributed by atoms with van der Waals surface area (Å²) in [6, 6.07) is 10.6. The van der Waals surface area contributed by atoms with Crippen LogP contribution in [0.1, 0.15) is 15.9 Å². The minimum Gasteiger partial charge on any atom is -0.496 e. The zero-order valence-electron chi connectivity index (χ0n) is 12.2. The van der Waals surface area contributed by atoms with Crippen LogP contribution in [-0.4, -0.2) is 26.0 Å². The average molecular weight is 377 g/mol. The van der Waals surface area contributed by atoms with Gasteiger partial charge in [0.25, 0.3) is 5.91 Å². The Morgan fingerprint density at radius 3 is 2.78 bits per heavy atom. The number of rotatable bonds is 4. The van der Waals surface area contributed by atoms with Gasteiger partial charge in [-0.1, -0.05) is 12.1 Å². The van der Waals surface area contributed by atoms with Crippen molar-refractivity contribution in [2.45, 2.75) is 0 Å². The number of carbonyl (C=O) groups is 1. The van der Waals surface area contributed by atoms with E-state index in [2.05, 4.69) is 26.5 Å². The second-order valence-electron chi connectivity index (χ2n) is 4.63. The first kappa shape index (κ1) is 15.4. The second-order valence-corrected chi connectivity index (χ2v) is 5.48. The molecule has 1 aliphatic rings. The van der Waals surface area contributed by atoms with E-state index in [1.54, 1.807) is 37.4 Å². The molecule has 0 radical (unpaired) electrons. The molecular weight excluding hydrogens is 364 g/mol. The van der Waals surface area contributed by atoms with Crippen molar-refractivity contribution < 1.29 is 19.0 Å². The number of benzene rings is 2. The molecule has 23 heavy (non-hydrogen) atoms. The highest BCUT2D eigenvalue weighted by atomic mass is 79.9. The summed E-state index contributed by atoms with van der Waals surface area (Å²) in [5.41, 5.74) is 3.65. The molecule has 1 amide bonds. The van der Waals surface area contributed by atoms with Crippen LogP contribution < -0.4 is 19.6 Å². The summed E-state index contributed by atoms with van der Waals surface area (Å²) in [7, 11) is 1.55. The van der Waals surface area contributed by atoms with Crippen LogP contribution in [0, 0.1) is 0 Å². The number of carbonyl (C=O) groups excluding carboxylic acids is 1. The number of ether oxygens (including phenoxy) is 3. The Bertz CT molecular complexity index is 777. The van der Waals surface area contributed by atoms with E-state index in [4.69, 9.17) is 14.2 Å². The van der Waals surface area contributed by atoms with Crippen molar-refractivity contribution >= 4 is 28.1 Å². The van der Waals surface area contributed by atoms with E-state index in [-0.39, 0.29) is 12.7 Å². The first-order valence-corrected chi connectivity index (χ1v) is 7.54. The fourth-order valence-corrected chi connectivity index (χ4v) is 2.55.